The van der Waals surface area contributed by atoms with Gasteiger partial charge in [0.25, 0.3) is 0 Å². The number of hydrogen-bond acceptors (Lipinski definition) is 2. The van der Waals surface area contributed by atoms with Crippen LogP contribution in [0.15, 0.2) is 180 Å². The molecule has 2 heterocycles. The third-order valence-corrected chi connectivity index (χ3v) is 12.7. The van der Waals surface area contributed by atoms with E-state index in [9.17, 15) is 0 Å². The summed E-state index contributed by atoms with van der Waals surface area (Å²) in [5.41, 5.74) is 16.8. The maximum Gasteiger partial charge on any atom is 1.00 e. The molecule has 2 aliphatic carbocycles. The van der Waals surface area contributed by atoms with Gasteiger partial charge < -0.3 is 11.8 Å². The zero-order valence-corrected chi connectivity index (χ0v) is 52.3. The minimum Gasteiger partial charge on any atom is -0.456 e. The number of thiophene rings is 1. The standard InChI is InChI=1S/C26H18.C13H10O.C13H10S.7C2H6.CH3.Rb/c1-17-14-15-21-20-10-4-7-13-24(20)26(25(21)16-17)22-11-5-2-8-18(22)19-9-3-6-12-23(19)26;2*1-9-5-4-7-11-10-6-2-3-8-12(10)14-13(9)11;7*1-2;;/h2-16H,1H3;2*2-8H,1H3;7*1-2H3;1H3;/q;;;;;;;;;;-1;+1. The van der Waals surface area contributed by atoms with Crippen LogP contribution in [0.25, 0.3) is 64.4 Å². The molecular weight excluding hydrogens is 938 g/mol. The van der Waals surface area contributed by atoms with Crippen molar-refractivity contribution in [1.82, 2.24) is 0 Å². The fourth-order valence-corrected chi connectivity index (χ4v) is 10.2. The molecule has 0 bridgehead atoms. The number of para-hydroxylation sites is 2. The molecule has 0 amide bonds. The van der Waals surface area contributed by atoms with E-state index in [1.807, 2.05) is 126 Å². The summed E-state index contributed by atoms with van der Waals surface area (Å²) in [6, 6.07) is 63.3. The van der Waals surface area contributed by atoms with Gasteiger partial charge in [0.15, 0.2) is 0 Å². The van der Waals surface area contributed by atoms with Crippen LogP contribution >= 0.6 is 11.3 Å². The average molecular weight is 1020 g/mol. The Bertz CT molecular complexity index is 2880. The van der Waals surface area contributed by atoms with Crippen LogP contribution in [0.1, 0.15) is 136 Å². The molecule has 1 nitrogen and oxygen atoms in total. The number of hydrogen-bond donors (Lipinski definition) is 0. The van der Waals surface area contributed by atoms with Crippen molar-refractivity contribution in [1.29, 1.82) is 0 Å². The Morgan fingerprint density at radius 1 is 0.357 bits per heavy atom. The molecule has 3 heteroatoms. The predicted molar refractivity (Wildman–Crippen MR) is 316 cm³/mol. The van der Waals surface area contributed by atoms with Crippen LogP contribution < -0.4 is 58.2 Å². The molecule has 0 fully saturated rings. The first-order valence-corrected chi connectivity index (χ1v) is 26.5. The third kappa shape index (κ3) is 12.8. The summed E-state index contributed by atoms with van der Waals surface area (Å²) >= 11 is 1.89. The SMILES string of the molecule is CC.CC.CC.CC.CC.CC.CC.Cc1ccc2c(c1)C1(c3ccccc3-c3ccccc31)c1ccccc1-2.Cc1cccc2c1oc1ccccc12.Cc1cccc2c1sc1ccccc12.[CH3-].[Rb+]. The van der Waals surface area contributed by atoms with E-state index in [-0.39, 0.29) is 71.0 Å². The van der Waals surface area contributed by atoms with Crippen molar-refractivity contribution in [2.45, 2.75) is 123 Å². The Balaban J connectivity index is 0.000000483. The fraction of sp³-hybridized carbons (Fsp3) is 0.269. The Hall–Kier alpha value is -4.41. The normalized spacial score (nSPS) is 10.5. The van der Waals surface area contributed by atoms with E-state index in [4.69, 9.17) is 4.42 Å². The Morgan fingerprint density at radius 3 is 1.29 bits per heavy atom. The molecule has 0 atom stereocenters. The monoisotopic (exact) mass is 1020 g/mol. The van der Waals surface area contributed by atoms with E-state index >= 15 is 0 Å². The van der Waals surface area contributed by atoms with Gasteiger partial charge in [-0.2, -0.15) is 0 Å². The first kappa shape index (κ1) is 63.6. The van der Waals surface area contributed by atoms with Crippen molar-refractivity contribution in [3.05, 3.63) is 222 Å². The second-order valence-electron chi connectivity index (χ2n) is 14.5. The molecule has 2 aliphatic rings. The largest absolute Gasteiger partial charge is 1.00 e. The van der Waals surface area contributed by atoms with E-state index in [0.717, 1.165) is 11.2 Å². The third-order valence-electron chi connectivity index (χ3n) is 11.4. The molecule has 2 aromatic heterocycles. The quantitative estimate of drug-likeness (QED) is 0.138. The van der Waals surface area contributed by atoms with Gasteiger partial charge in [0.1, 0.15) is 11.2 Å². The number of rotatable bonds is 0. The van der Waals surface area contributed by atoms with Crippen LogP contribution in [0.5, 0.6) is 0 Å². The van der Waals surface area contributed by atoms with Gasteiger partial charge in [0.05, 0.1) is 5.41 Å². The van der Waals surface area contributed by atoms with E-state index < -0.39 is 0 Å². The molecule has 0 saturated carbocycles. The number of aryl methyl sites for hydroxylation is 3. The van der Waals surface area contributed by atoms with Gasteiger partial charge in [-0.15, -0.1) is 11.3 Å². The van der Waals surface area contributed by atoms with E-state index in [1.165, 1.54) is 92.1 Å². The molecule has 8 aromatic carbocycles. The summed E-state index contributed by atoms with van der Waals surface area (Å²) in [5, 5.41) is 5.19. The molecule has 0 radical (unpaired) electrons. The first-order chi connectivity index (χ1) is 33.5. The van der Waals surface area contributed by atoms with Crippen molar-refractivity contribution in [3.8, 4) is 22.3 Å². The Labute approximate surface area is 478 Å². The second-order valence-corrected chi connectivity index (χ2v) is 15.6. The Kier molecular flexibility index (Phi) is 29.6. The zero-order valence-electron chi connectivity index (χ0n) is 46.6. The summed E-state index contributed by atoms with van der Waals surface area (Å²) < 4.78 is 8.59. The van der Waals surface area contributed by atoms with E-state index in [1.54, 1.807) is 0 Å². The van der Waals surface area contributed by atoms with Gasteiger partial charge in [-0.1, -0.05) is 266 Å². The van der Waals surface area contributed by atoms with Crippen molar-refractivity contribution < 1.29 is 62.6 Å². The minimum atomic E-state index is -0.189. The van der Waals surface area contributed by atoms with E-state index in [0.29, 0.717) is 0 Å². The molecule has 364 valence electrons. The van der Waals surface area contributed by atoms with E-state index in [2.05, 4.69) is 178 Å². The minimum absolute atomic E-state index is 0. The van der Waals surface area contributed by atoms with Crippen LogP contribution in [0.2, 0.25) is 0 Å². The van der Waals surface area contributed by atoms with Gasteiger partial charge in [-0.05, 0) is 88.5 Å². The first-order valence-electron chi connectivity index (χ1n) is 25.7. The molecule has 10 aromatic rings. The topological polar surface area (TPSA) is 13.1 Å². The summed E-state index contributed by atoms with van der Waals surface area (Å²) in [6.07, 6.45) is 0. The second kappa shape index (κ2) is 32.5. The maximum absolute atomic E-state index is 5.78. The van der Waals surface area contributed by atoms with Crippen molar-refractivity contribution in [2.24, 2.45) is 0 Å². The molecule has 12 rings (SSSR count). The molecule has 0 N–H and O–H groups in total. The summed E-state index contributed by atoms with van der Waals surface area (Å²) in [7, 11) is 0. The van der Waals surface area contributed by atoms with Gasteiger partial charge in [-0.3, -0.25) is 0 Å². The van der Waals surface area contributed by atoms with Crippen LogP contribution in [-0.4, -0.2) is 0 Å². The average Bonchev–Trinajstić information content (AvgIpc) is 4.17. The van der Waals surface area contributed by atoms with Crippen LogP contribution in [0, 0.1) is 28.2 Å². The van der Waals surface area contributed by atoms with Crippen molar-refractivity contribution in [3.63, 3.8) is 0 Å². The van der Waals surface area contributed by atoms with Gasteiger partial charge in [-0.25, -0.2) is 0 Å². The smallest absolute Gasteiger partial charge is 0.456 e. The summed E-state index contributed by atoms with van der Waals surface area (Å²) in [5.74, 6) is 0. The van der Waals surface area contributed by atoms with Gasteiger partial charge >= 0.3 is 58.2 Å². The van der Waals surface area contributed by atoms with Crippen molar-refractivity contribution >= 4 is 53.4 Å². The molecule has 0 aliphatic heterocycles. The predicted octanol–water partition coefficient (Wildman–Crippen LogP) is 19.2. The summed E-state index contributed by atoms with van der Waals surface area (Å²) in [6.45, 7) is 34.5. The number of furan rings is 1. The maximum atomic E-state index is 5.78. The number of benzene rings is 8. The fourth-order valence-electron chi connectivity index (χ4n) is 8.98. The molecular formula is C67H83ORbS. The summed E-state index contributed by atoms with van der Waals surface area (Å²) in [4.78, 5) is 0. The van der Waals surface area contributed by atoms with Crippen LogP contribution in [0.3, 0.4) is 0 Å². The van der Waals surface area contributed by atoms with Crippen LogP contribution in [-0.2, 0) is 5.41 Å². The molecule has 0 unspecified atom stereocenters. The molecule has 70 heavy (non-hydrogen) atoms. The van der Waals surface area contributed by atoms with Gasteiger partial charge in [0, 0.05) is 30.9 Å². The molecule has 0 saturated heterocycles. The van der Waals surface area contributed by atoms with Crippen molar-refractivity contribution in [2.75, 3.05) is 0 Å². The van der Waals surface area contributed by atoms with Gasteiger partial charge in [0.2, 0.25) is 0 Å². The Morgan fingerprint density at radius 2 is 0.757 bits per heavy atom. The zero-order chi connectivity index (χ0) is 50.4. The number of fused-ring (bicyclic) bond motifs is 16. The van der Waals surface area contributed by atoms with Crippen LogP contribution in [0.4, 0.5) is 0 Å². The molecule has 1 spiro atoms.